The molecule has 0 aliphatic carbocycles. The standard InChI is InChI=1S/C12H14F3N3/c1-2-18(7-3-6-16)9-4-5-11(17)10(8-9)12(13,14)15/h4-5,8H,2-3,7,17H2,1H3. The van der Waals surface area contributed by atoms with Crippen molar-refractivity contribution in [2.24, 2.45) is 0 Å². The Bertz CT molecular complexity index is 449. The first-order chi connectivity index (χ1) is 8.40. The number of nitriles is 1. The fourth-order valence-electron chi connectivity index (χ4n) is 1.64. The Labute approximate surface area is 104 Å². The van der Waals surface area contributed by atoms with E-state index < -0.39 is 11.7 Å². The molecule has 0 unspecified atom stereocenters. The number of nitrogens with two attached hydrogens (primary N) is 1. The minimum atomic E-state index is -4.46. The molecule has 0 saturated carbocycles. The number of benzene rings is 1. The molecule has 0 radical (unpaired) electrons. The molecule has 1 aromatic carbocycles. The maximum absolute atomic E-state index is 12.7. The molecular formula is C12H14F3N3. The number of hydrogen-bond donors (Lipinski definition) is 1. The van der Waals surface area contributed by atoms with E-state index in [0.717, 1.165) is 6.07 Å². The van der Waals surface area contributed by atoms with Gasteiger partial charge in [-0.25, -0.2) is 0 Å². The van der Waals surface area contributed by atoms with E-state index in [4.69, 9.17) is 11.0 Å². The highest BCUT2D eigenvalue weighted by molar-refractivity contribution is 5.59. The molecule has 0 bridgehead atoms. The highest BCUT2D eigenvalue weighted by Crippen LogP contribution is 2.35. The molecule has 0 heterocycles. The third kappa shape index (κ3) is 3.29. The van der Waals surface area contributed by atoms with Gasteiger partial charge in [-0.1, -0.05) is 0 Å². The molecule has 0 aromatic heterocycles. The molecule has 6 heteroatoms. The molecule has 0 amide bonds. The van der Waals surface area contributed by atoms with Crippen molar-refractivity contribution in [2.75, 3.05) is 23.7 Å². The summed E-state index contributed by atoms with van der Waals surface area (Å²) in [4.78, 5) is 1.71. The Morgan fingerprint density at radius 2 is 2.06 bits per heavy atom. The average Bonchev–Trinajstić information content (AvgIpc) is 2.30. The lowest BCUT2D eigenvalue weighted by molar-refractivity contribution is -0.136. The molecule has 0 saturated heterocycles. The van der Waals surface area contributed by atoms with Crippen LogP contribution < -0.4 is 10.6 Å². The lowest BCUT2D eigenvalue weighted by Crippen LogP contribution is -2.24. The molecule has 1 rings (SSSR count). The number of nitrogen functional groups attached to an aromatic ring is 1. The molecule has 0 aliphatic rings. The van der Waals surface area contributed by atoms with Gasteiger partial charge >= 0.3 is 6.18 Å². The van der Waals surface area contributed by atoms with E-state index in [2.05, 4.69) is 0 Å². The summed E-state index contributed by atoms with van der Waals surface area (Å²) in [6.45, 7) is 2.75. The van der Waals surface area contributed by atoms with Crippen molar-refractivity contribution in [3.8, 4) is 6.07 Å². The maximum Gasteiger partial charge on any atom is 0.418 e. The molecule has 3 nitrogen and oxygen atoms in total. The molecular weight excluding hydrogens is 243 g/mol. The van der Waals surface area contributed by atoms with Crippen LogP contribution in [-0.4, -0.2) is 13.1 Å². The van der Waals surface area contributed by atoms with Crippen molar-refractivity contribution in [1.29, 1.82) is 5.26 Å². The van der Waals surface area contributed by atoms with Gasteiger partial charge in [0.2, 0.25) is 0 Å². The zero-order valence-corrected chi connectivity index (χ0v) is 9.96. The van der Waals surface area contributed by atoms with Crippen molar-refractivity contribution < 1.29 is 13.2 Å². The zero-order chi connectivity index (χ0) is 13.8. The van der Waals surface area contributed by atoms with E-state index in [9.17, 15) is 13.2 Å². The number of halogens is 3. The van der Waals surface area contributed by atoms with Gasteiger partial charge in [-0.2, -0.15) is 18.4 Å². The highest BCUT2D eigenvalue weighted by Gasteiger charge is 2.33. The first-order valence-corrected chi connectivity index (χ1v) is 5.48. The monoisotopic (exact) mass is 257 g/mol. The number of anilines is 2. The van der Waals surface area contributed by atoms with E-state index in [1.165, 1.54) is 12.1 Å². The number of alkyl halides is 3. The second-order valence-electron chi connectivity index (χ2n) is 3.76. The third-order valence-electron chi connectivity index (χ3n) is 2.58. The van der Waals surface area contributed by atoms with Crippen molar-refractivity contribution in [3.63, 3.8) is 0 Å². The first kappa shape index (κ1) is 14.2. The molecule has 0 fully saturated rings. The minimum Gasteiger partial charge on any atom is -0.398 e. The van der Waals surface area contributed by atoms with Crippen LogP contribution in [0.25, 0.3) is 0 Å². The molecule has 98 valence electrons. The molecule has 2 N–H and O–H groups in total. The van der Waals surface area contributed by atoms with Crippen LogP contribution in [0.15, 0.2) is 18.2 Å². The van der Waals surface area contributed by atoms with Gasteiger partial charge in [0.1, 0.15) is 0 Å². The summed E-state index contributed by atoms with van der Waals surface area (Å²) in [6.07, 6.45) is -4.20. The van der Waals surface area contributed by atoms with Gasteiger partial charge in [0.25, 0.3) is 0 Å². The van der Waals surface area contributed by atoms with Gasteiger partial charge in [-0.15, -0.1) is 0 Å². The Balaban J connectivity index is 3.07. The van der Waals surface area contributed by atoms with E-state index in [1.807, 2.05) is 13.0 Å². The van der Waals surface area contributed by atoms with E-state index >= 15 is 0 Å². The van der Waals surface area contributed by atoms with Crippen LogP contribution in [0.5, 0.6) is 0 Å². The fraction of sp³-hybridized carbons (Fsp3) is 0.417. The van der Waals surface area contributed by atoms with Crippen LogP contribution >= 0.6 is 0 Å². The summed E-state index contributed by atoms with van der Waals surface area (Å²) in [7, 11) is 0. The predicted octanol–water partition coefficient (Wildman–Crippen LogP) is 3.03. The van der Waals surface area contributed by atoms with Crippen molar-refractivity contribution in [3.05, 3.63) is 23.8 Å². The predicted molar refractivity (Wildman–Crippen MR) is 64.0 cm³/mol. The van der Waals surface area contributed by atoms with Crippen LogP contribution in [0.4, 0.5) is 24.5 Å². The smallest absolute Gasteiger partial charge is 0.398 e. The van der Waals surface area contributed by atoms with E-state index in [1.54, 1.807) is 4.90 Å². The Hall–Kier alpha value is -1.90. The van der Waals surface area contributed by atoms with Crippen LogP contribution in [0.2, 0.25) is 0 Å². The second kappa shape index (κ2) is 5.63. The van der Waals surface area contributed by atoms with Gasteiger partial charge in [-0.05, 0) is 25.1 Å². The van der Waals surface area contributed by atoms with E-state index in [-0.39, 0.29) is 12.1 Å². The molecule has 0 spiro atoms. The molecule has 1 aromatic rings. The lowest BCUT2D eigenvalue weighted by Gasteiger charge is -2.23. The van der Waals surface area contributed by atoms with Crippen molar-refractivity contribution in [2.45, 2.75) is 19.5 Å². The average molecular weight is 257 g/mol. The molecule has 0 atom stereocenters. The summed E-state index contributed by atoms with van der Waals surface area (Å²) < 4.78 is 38.1. The highest BCUT2D eigenvalue weighted by atomic mass is 19.4. The maximum atomic E-state index is 12.7. The van der Waals surface area contributed by atoms with Gasteiger partial charge in [0.05, 0.1) is 18.1 Å². The Kier molecular flexibility index (Phi) is 4.43. The summed E-state index contributed by atoms with van der Waals surface area (Å²) in [5.41, 5.74) is 4.62. The minimum absolute atomic E-state index is 0.263. The second-order valence-corrected chi connectivity index (χ2v) is 3.76. The van der Waals surface area contributed by atoms with Crippen molar-refractivity contribution >= 4 is 11.4 Å². The summed E-state index contributed by atoms with van der Waals surface area (Å²) in [5.74, 6) is 0. The number of hydrogen-bond acceptors (Lipinski definition) is 3. The quantitative estimate of drug-likeness (QED) is 0.843. The largest absolute Gasteiger partial charge is 0.418 e. The van der Waals surface area contributed by atoms with Crippen LogP contribution in [0.3, 0.4) is 0 Å². The molecule has 18 heavy (non-hydrogen) atoms. The summed E-state index contributed by atoms with van der Waals surface area (Å²) in [6, 6.07) is 5.77. The van der Waals surface area contributed by atoms with Crippen LogP contribution in [0.1, 0.15) is 18.9 Å². The fourth-order valence-corrected chi connectivity index (χ4v) is 1.64. The normalized spacial score (nSPS) is 11.1. The Morgan fingerprint density at radius 1 is 1.39 bits per heavy atom. The number of nitrogens with zero attached hydrogens (tertiary/aromatic N) is 2. The van der Waals surface area contributed by atoms with Crippen LogP contribution in [-0.2, 0) is 6.18 Å². The van der Waals surface area contributed by atoms with E-state index in [0.29, 0.717) is 18.8 Å². The van der Waals surface area contributed by atoms with Gasteiger partial charge in [0.15, 0.2) is 0 Å². The van der Waals surface area contributed by atoms with Gasteiger partial charge in [0, 0.05) is 24.5 Å². The third-order valence-corrected chi connectivity index (χ3v) is 2.58. The van der Waals surface area contributed by atoms with Gasteiger partial charge in [-0.3, -0.25) is 0 Å². The van der Waals surface area contributed by atoms with Gasteiger partial charge < -0.3 is 10.6 Å². The first-order valence-electron chi connectivity index (χ1n) is 5.48. The summed E-state index contributed by atoms with van der Waals surface area (Å²) >= 11 is 0. The SMILES string of the molecule is CCN(CCC#N)c1ccc(N)c(C(F)(F)F)c1. The van der Waals surface area contributed by atoms with Crippen LogP contribution in [0, 0.1) is 11.3 Å². The number of rotatable bonds is 4. The Morgan fingerprint density at radius 3 is 2.56 bits per heavy atom. The zero-order valence-electron chi connectivity index (χ0n) is 9.96. The summed E-state index contributed by atoms with van der Waals surface area (Å²) in [5, 5.41) is 8.51. The topological polar surface area (TPSA) is 53.0 Å². The molecule has 0 aliphatic heterocycles. The van der Waals surface area contributed by atoms with Crippen molar-refractivity contribution in [1.82, 2.24) is 0 Å². The lowest BCUT2D eigenvalue weighted by atomic mass is 10.1.